The molecule has 1 saturated carbocycles. The summed E-state index contributed by atoms with van der Waals surface area (Å²) < 4.78 is 4.08. The molecule has 1 fully saturated rings. The number of hydrogen-bond donors (Lipinski definition) is 0. The van der Waals surface area contributed by atoms with Crippen molar-refractivity contribution in [2.24, 2.45) is 20.0 Å². The zero-order valence-corrected chi connectivity index (χ0v) is 30.8. The predicted octanol–water partition coefficient (Wildman–Crippen LogP) is 9.08. The van der Waals surface area contributed by atoms with Gasteiger partial charge < -0.3 is 0 Å². The molecule has 1 aliphatic rings. The summed E-state index contributed by atoms with van der Waals surface area (Å²) in [4.78, 5) is 2.63. The second-order valence-corrected chi connectivity index (χ2v) is 14.4. The molecule has 0 atom stereocenters. The molecule has 4 aromatic carbocycles. The van der Waals surface area contributed by atoms with Crippen LogP contribution in [0, 0.1) is 54.4 Å². The topological polar surface area (TPSA) is 38.9 Å². The number of rotatable bonds is 8. The van der Waals surface area contributed by atoms with Gasteiger partial charge in [0, 0.05) is 54.8 Å². The number of aromatic nitrogens is 4. The molecule has 256 valence electrons. The van der Waals surface area contributed by atoms with Crippen molar-refractivity contribution in [2.45, 2.75) is 81.2 Å². The van der Waals surface area contributed by atoms with Crippen molar-refractivity contribution in [1.29, 1.82) is 0 Å². The summed E-state index contributed by atoms with van der Waals surface area (Å²) in [7, 11) is 4.11. The van der Waals surface area contributed by atoms with E-state index in [-0.39, 0.29) is 25.8 Å². The molecule has 0 N–H and O–H groups in total. The van der Waals surface area contributed by atoms with Gasteiger partial charge in [-0.15, -0.1) is 0 Å². The number of hydrogen-bond acceptors (Lipinski definition) is 3. The zero-order chi connectivity index (χ0) is 34.3. The Morgan fingerprint density at radius 3 is 1.63 bits per heavy atom. The fourth-order valence-electron chi connectivity index (χ4n) is 7.84. The van der Waals surface area contributed by atoms with Crippen LogP contribution in [0.1, 0.15) is 71.0 Å². The molecule has 6 aromatic rings. The Hall–Kier alpha value is -3.35. The molecule has 49 heavy (non-hydrogen) atoms. The van der Waals surface area contributed by atoms with E-state index < -0.39 is 0 Å². The molecule has 5 nitrogen and oxygen atoms in total. The van der Waals surface area contributed by atoms with Crippen LogP contribution in [0.15, 0.2) is 60.7 Å². The van der Waals surface area contributed by atoms with Crippen LogP contribution < -0.4 is 0 Å². The number of aryl methyl sites for hydroxylation is 9. The summed E-state index contributed by atoms with van der Waals surface area (Å²) in [6.45, 7) is 20.9. The van der Waals surface area contributed by atoms with E-state index >= 15 is 0 Å². The summed E-state index contributed by atoms with van der Waals surface area (Å²) in [5, 5.41) is 12.2. The Labute approximate surface area is 312 Å². The molecule has 2 aromatic heterocycles. The van der Waals surface area contributed by atoms with E-state index in [9.17, 15) is 0 Å². The Bertz CT molecular complexity index is 2070. The number of benzene rings is 4. The van der Waals surface area contributed by atoms with E-state index in [4.69, 9.17) is 10.2 Å². The first-order valence-electron chi connectivity index (χ1n) is 17.7. The average Bonchev–Trinajstić information content (AvgIpc) is 3.71. The normalized spacial score (nSPS) is 12.8. The second-order valence-electron chi connectivity index (χ2n) is 14.4. The van der Waals surface area contributed by atoms with E-state index in [1.54, 1.807) is 0 Å². The van der Waals surface area contributed by atoms with Gasteiger partial charge in [-0.3, -0.25) is 14.3 Å². The fourth-order valence-corrected chi connectivity index (χ4v) is 7.84. The molecule has 0 radical (unpaired) electrons. The number of fused-ring (bicyclic) bond motifs is 2. The molecule has 0 bridgehead atoms. The van der Waals surface area contributed by atoms with Crippen LogP contribution in [0.25, 0.3) is 44.1 Å². The van der Waals surface area contributed by atoms with Crippen molar-refractivity contribution in [3.8, 4) is 22.3 Å². The number of nitrogens with zero attached hydrogens (tertiary/aromatic N) is 5. The van der Waals surface area contributed by atoms with Gasteiger partial charge in [0.05, 0.1) is 5.69 Å². The summed E-state index contributed by atoms with van der Waals surface area (Å²) in [5.41, 5.74) is 17.9. The zero-order valence-electron chi connectivity index (χ0n) is 30.8. The summed E-state index contributed by atoms with van der Waals surface area (Å²) in [6.07, 6.45) is 4.01. The van der Waals surface area contributed by atoms with Crippen LogP contribution >= 0.6 is 0 Å². The average molecular weight is 758 g/mol. The van der Waals surface area contributed by atoms with Crippen molar-refractivity contribution in [3.63, 3.8) is 0 Å². The molecule has 0 unspecified atom stereocenters. The van der Waals surface area contributed by atoms with Gasteiger partial charge in [-0.05, 0) is 114 Å². The molecular formula is C43H56InN5. The molecular weight excluding hydrogens is 701 g/mol. The van der Waals surface area contributed by atoms with Gasteiger partial charge in [-0.1, -0.05) is 78.7 Å². The predicted molar refractivity (Wildman–Crippen MR) is 214 cm³/mol. The first kappa shape index (κ1) is 36.9. The summed E-state index contributed by atoms with van der Waals surface area (Å²) in [6, 6.07) is 22.2. The van der Waals surface area contributed by atoms with E-state index in [0.717, 1.165) is 23.5 Å². The van der Waals surface area contributed by atoms with Crippen molar-refractivity contribution < 1.29 is 0 Å². The second kappa shape index (κ2) is 15.3. The molecule has 0 amide bonds. The van der Waals surface area contributed by atoms with Crippen molar-refractivity contribution >= 4 is 47.6 Å². The minimum atomic E-state index is 0. The molecule has 0 spiro atoms. The van der Waals surface area contributed by atoms with Gasteiger partial charge in [0.2, 0.25) is 0 Å². The van der Waals surface area contributed by atoms with Crippen LogP contribution in [0.5, 0.6) is 0 Å². The Balaban J connectivity index is 0.000000197. The van der Waals surface area contributed by atoms with Crippen LogP contribution in [0.2, 0.25) is 0 Å². The van der Waals surface area contributed by atoms with Gasteiger partial charge in [0.25, 0.3) is 0 Å². The van der Waals surface area contributed by atoms with Crippen molar-refractivity contribution in [2.75, 3.05) is 13.1 Å². The summed E-state index contributed by atoms with van der Waals surface area (Å²) >= 11 is 0. The third kappa shape index (κ3) is 7.71. The van der Waals surface area contributed by atoms with Gasteiger partial charge >= 0.3 is 25.8 Å². The van der Waals surface area contributed by atoms with Crippen molar-refractivity contribution in [1.82, 2.24) is 24.5 Å². The first-order valence-corrected chi connectivity index (χ1v) is 17.7. The summed E-state index contributed by atoms with van der Waals surface area (Å²) in [5.74, 6) is 0.916. The van der Waals surface area contributed by atoms with Crippen LogP contribution in [0.4, 0.5) is 0 Å². The van der Waals surface area contributed by atoms with Crippen molar-refractivity contribution in [3.05, 3.63) is 105 Å². The Morgan fingerprint density at radius 1 is 0.673 bits per heavy atom. The van der Waals surface area contributed by atoms with Gasteiger partial charge in [0.15, 0.2) is 0 Å². The third-order valence-electron chi connectivity index (χ3n) is 10.2. The van der Waals surface area contributed by atoms with E-state index in [2.05, 4.69) is 133 Å². The molecule has 2 heterocycles. The standard InChI is InChI=1S/C25H33N3.C18H20N2.In.3H/c1-6-12-28(15-20-10-11-20)16-23-21-8-7-9-22(25(21)26-27(23)5)24-18(3)13-17(2)14-19(24)4;1-11-9-12(2)17(13(3)10-11)16-8-6-7-15-14(4)20(5)19-18(15)16;;;;/h7-9,13-14,20H,6,10-12,15-16H2,1-5H3;6-10H,1-5H3;;;;. The fraction of sp³-hybridized carbons (Fsp3) is 0.395. The van der Waals surface area contributed by atoms with Crippen LogP contribution in [-0.4, -0.2) is 63.4 Å². The molecule has 6 heteroatoms. The van der Waals surface area contributed by atoms with Crippen LogP contribution in [-0.2, 0) is 20.6 Å². The quantitative estimate of drug-likeness (QED) is 0.156. The van der Waals surface area contributed by atoms with Gasteiger partial charge in [-0.2, -0.15) is 10.2 Å². The first-order chi connectivity index (χ1) is 23.0. The van der Waals surface area contributed by atoms with E-state index in [1.807, 2.05) is 11.7 Å². The van der Waals surface area contributed by atoms with E-state index in [0.29, 0.717) is 0 Å². The maximum absolute atomic E-state index is 4.99. The van der Waals surface area contributed by atoms with Gasteiger partial charge in [0.1, 0.15) is 11.0 Å². The Morgan fingerprint density at radius 2 is 1.14 bits per heavy atom. The monoisotopic (exact) mass is 757 g/mol. The molecule has 7 rings (SSSR count). The Kier molecular flexibility index (Phi) is 11.5. The minimum absolute atomic E-state index is 0. The third-order valence-corrected chi connectivity index (χ3v) is 10.2. The van der Waals surface area contributed by atoms with E-state index in [1.165, 1.54) is 110 Å². The molecule has 0 saturated heterocycles. The SMILES string of the molecule is CCCN(Cc1c2cccc(-c3c(C)cc(C)cc3C)c2nn1C)CC1CC1.Cc1cc(C)c(-c2cccc3c(C)n(C)nc23)c(C)c1.[InH3]. The molecule has 0 aliphatic heterocycles. The van der Waals surface area contributed by atoms with Gasteiger partial charge in [-0.25, -0.2) is 0 Å². The molecule has 1 aliphatic carbocycles. The van der Waals surface area contributed by atoms with Crippen LogP contribution in [0.3, 0.4) is 0 Å². The maximum atomic E-state index is 4.99.